The van der Waals surface area contributed by atoms with Crippen LogP contribution in [0, 0.1) is 11.8 Å². The van der Waals surface area contributed by atoms with Crippen molar-refractivity contribution in [1.29, 1.82) is 0 Å². The van der Waals surface area contributed by atoms with E-state index in [9.17, 15) is 8.42 Å². The lowest BCUT2D eigenvalue weighted by atomic mass is 9.93. The quantitative estimate of drug-likeness (QED) is 0.749. The van der Waals surface area contributed by atoms with Gasteiger partial charge in [0.05, 0.1) is 11.5 Å². The van der Waals surface area contributed by atoms with E-state index in [1.165, 1.54) is 12.8 Å². The van der Waals surface area contributed by atoms with Crippen LogP contribution < -0.4 is 5.73 Å². The lowest BCUT2D eigenvalue weighted by Crippen LogP contribution is -2.36. The Hall–Kier alpha value is -0.0900. The first-order valence-corrected chi connectivity index (χ1v) is 7.37. The van der Waals surface area contributed by atoms with Gasteiger partial charge in [-0.25, -0.2) is 8.42 Å². The second-order valence-corrected chi connectivity index (χ2v) is 7.01. The van der Waals surface area contributed by atoms with Gasteiger partial charge in [-0.15, -0.1) is 0 Å². The largest absolute Gasteiger partial charge is 0.327 e. The third-order valence-electron chi connectivity index (χ3n) is 3.46. The minimum absolute atomic E-state index is 0.142. The van der Waals surface area contributed by atoms with Gasteiger partial charge in [-0.3, -0.25) is 0 Å². The first-order valence-electron chi connectivity index (χ1n) is 5.54. The fraction of sp³-hybridized carbons (Fsp3) is 1.00. The van der Waals surface area contributed by atoms with Crippen molar-refractivity contribution in [2.75, 3.05) is 11.5 Å². The van der Waals surface area contributed by atoms with E-state index in [2.05, 4.69) is 0 Å². The van der Waals surface area contributed by atoms with Crippen LogP contribution in [0.3, 0.4) is 0 Å². The number of nitrogens with two attached hydrogens (primary N) is 1. The molecule has 2 rings (SSSR count). The third-order valence-corrected chi connectivity index (χ3v) is 5.31. The monoisotopic (exact) mass is 217 g/mol. The number of rotatable bonds is 2. The summed E-state index contributed by atoms with van der Waals surface area (Å²) >= 11 is 0. The maximum atomic E-state index is 11.6. The fourth-order valence-corrected chi connectivity index (χ4v) is 4.24. The maximum absolute atomic E-state index is 11.6. The molecule has 14 heavy (non-hydrogen) atoms. The highest BCUT2D eigenvalue weighted by Crippen LogP contribution is 2.37. The minimum atomic E-state index is -2.80. The van der Waals surface area contributed by atoms with Crippen LogP contribution in [0.15, 0.2) is 0 Å². The molecule has 82 valence electrons. The Labute approximate surface area is 86.0 Å². The zero-order valence-electron chi connectivity index (χ0n) is 8.48. The van der Waals surface area contributed by atoms with Gasteiger partial charge in [0.25, 0.3) is 0 Å². The van der Waals surface area contributed by atoms with Gasteiger partial charge in [-0.05, 0) is 37.5 Å². The average Bonchev–Trinajstić information content (AvgIpc) is 2.89. The molecule has 0 radical (unpaired) electrons. The van der Waals surface area contributed by atoms with Gasteiger partial charge in [0.2, 0.25) is 0 Å². The summed E-state index contributed by atoms with van der Waals surface area (Å²) in [5.41, 5.74) is 6.08. The summed E-state index contributed by atoms with van der Waals surface area (Å²) in [6.07, 6.45) is 5.28. The molecule has 0 amide bonds. The van der Waals surface area contributed by atoms with E-state index in [0.29, 0.717) is 17.4 Å². The molecule has 0 spiro atoms. The average molecular weight is 217 g/mol. The summed E-state index contributed by atoms with van der Waals surface area (Å²) in [6.45, 7) is 0. The van der Waals surface area contributed by atoms with Crippen molar-refractivity contribution in [1.82, 2.24) is 0 Å². The zero-order valence-corrected chi connectivity index (χ0v) is 9.30. The Kier molecular flexibility index (Phi) is 2.84. The summed E-state index contributed by atoms with van der Waals surface area (Å²) < 4.78 is 23.1. The number of hydrogen-bond acceptors (Lipinski definition) is 3. The van der Waals surface area contributed by atoms with E-state index in [1.807, 2.05) is 0 Å². The van der Waals surface area contributed by atoms with Crippen LogP contribution in [0.2, 0.25) is 0 Å². The maximum Gasteiger partial charge on any atom is 0.150 e. The van der Waals surface area contributed by atoms with E-state index in [0.717, 1.165) is 19.3 Å². The molecule has 0 aromatic carbocycles. The summed E-state index contributed by atoms with van der Waals surface area (Å²) in [7, 11) is -2.80. The molecule has 3 nitrogen and oxygen atoms in total. The molecule has 0 aromatic heterocycles. The van der Waals surface area contributed by atoms with E-state index in [1.54, 1.807) is 0 Å². The predicted octanol–water partition coefficient (Wildman–Crippen LogP) is 0.939. The van der Waals surface area contributed by atoms with E-state index >= 15 is 0 Å². The van der Waals surface area contributed by atoms with Crippen molar-refractivity contribution in [3.05, 3.63) is 0 Å². The molecule has 0 bridgehead atoms. The topological polar surface area (TPSA) is 60.2 Å². The van der Waals surface area contributed by atoms with E-state index in [4.69, 9.17) is 5.73 Å². The molecule has 1 saturated heterocycles. The van der Waals surface area contributed by atoms with Crippen molar-refractivity contribution < 1.29 is 8.42 Å². The van der Waals surface area contributed by atoms with Crippen molar-refractivity contribution in [3.8, 4) is 0 Å². The van der Waals surface area contributed by atoms with E-state index in [-0.39, 0.29) is 12.0 Å². The van der Waals surface area contributed by atoms with Gasteiger partial charge in [0.15, 0.2) is 9.84 Å². The first-order chi connectivity index (χ1) is 6.58. The molecule has 2 aliphatic rings. The zero-order chi connectivity index (χ0) is 10.2. The molecule has 4 heteroatoms. The number of hydrogen-bond donors (Lipinski definition) is 1. The van der Waals surface area contributed by atoms with Gasteiger partial charge < -0.3 is 5.73 Å². The van der Waals surface area contributed by atoms with Crippen LogP contribution in [0.1, 0.15) is 32.1 Å². The van der Waals surface area contributed by atoms with Gasteiger partial charge in [-0.1, -0.05) is 6.42 Å². The lowest BCUT2D eigenvalue weighted by molar-refractivity contribution is 0.388. The van der Waals surface area contributed by atoms with Crippen molar-refractivity contribution >= 4 is 9.84 Å². The Balaban J connectivity index is 2.02. The van der Waals surface area contributed by atoms with Crippen molar-refractivity contribution in [2.24, 2.45) is 17.6 Å². The first kappa shape index (κ1) is 10.4. The Morgan fingerprint density at radius 3 is 2.43 bits per heavy atom. The van der Waals surface area contributed by atoms with Gasteiger partial charge >= 0.3 is 0 Å². The Morgan fingerprint density at radius 1 is 1.07 bits per heavy atom. The molecule has 1 aliphatic carbocycles. The molecule has 1 aliphatic heterocycles. The lowest BCUT2D eigenvalue weighted by Gasteiger charge is -2.21. The highest BCUT2D eigenvalue weighted by atomic mass is 32.2. The van der Waals surface area contributed by atoms with Crippen LogP contribution >= 0.6 is 0 Å². The summed E-state index contributed by atoms with van der Waals surface area (Å²) in [5, 5.41) is 0. The standard InChI is InChI=1S/C10H19NO2S/c11-10(8-4-5-8)9-3-1-2-6-14(12,13)7-9/h8-10H,1-7,11H2. The van der Waals surface area contributed by atoms with Crippen LogP contribution in [0.5, 0.6) is 0 Å². The third kappa shape index (κ3) is 2.48. The van der Waals surface area contributed by atoms with Crippen molar-refractivity contribution in [2.45, 2.75) is 38.1 Å². The SMILES string of the molecule is NC(C1CC1)C1CCCCS(=O)(=O)C1. The number of sulfone groups is 1. The second-order valence-electron chi connectivity index (χ2n) is 4.79. The van der Waals surface area contributed by atoms with Crippen LogP contribution in [0.25, 0.3) is 0 Å². The fourth-order valence-electron chi connectivity index (χ4n) is 2.39. The minimum Gasteiger partial charge on any atom is -0.327 e. The Bertz CT molecular complexity index is 295. The normalized spacial score (nSPS) is 34.8. The van der Waals surface area contributed by atoms with Crippen LogP contribution in [-0.4, -0.2) is 26.0 Å². The van der Waals surface area contributed by atoms with Gasteiger partial charge in [0, 0.05) is 6.04 Å². The molecular formula is C10H19NO2S. The molecule has 0 aromatic rings. The summed E-state index contributed by atoms with van der Waals surface area (Å²) in [4.78, 5) is 0. The van der Waals surface area contributed by atoms with E-state index < -0.39 is 9.84 Å². The van der Waals surface area contributed by atoms with Crippen LogP contribution in [0.4, 0.5) is 0 Å². The summed E-state index contributed by atoms with van der Waals surface area (Å²) in [5.74, 6) is 1.56. The van der Waals surface area contributed by atoms with Gasteiger partial charge in [-0.2, -0.15) is 0 Å². The molecular weight excluding hydrogens is 198 g/mol. The second kappa shape index (κ2) is 3.81. The Morgan fingerprint density at radius 2 is 1.79 bits per heavy atom. The molecule has 2 fully saturated rings. The van der Waals surface area contributed by atoms with Crippen molar-refractivity contribution in [3.63, 3.8) is 0 Å². The summed E-state index contributed by atoms with van der Waals surface area (Å²) in [6, 6.07) is 0.142. The molecule has 1 saturated carbocycles. The highest BCUT2D eigenvalue weighted by molar-refractivity contribution is 7.91. The molecule has 2 unspecified atom stereocenters. The van der Waals surface area contributed by atoms with Crippen LogP contribution in [-0.2, 0) is 9.84 Å². The highest BCUT2D eigenvalue weighted by Gasteiger charge is 2.36. The molecule has 1 heterocycles. The molecule has 2 N–H and O–H groups in total. The molecule has 2 atom stereocenters. The predicted molar refractivity (Wildman–Crippen MR) is 56.7 cm³/mol. The van der Waals surface area contributed by atoms with Gasteiger partial charge in [0.1, 0.15) is 0 Å². The smallest absolute Gasteiger partial charge is 0.150 e.